The summed E-state index contributed by atoms with van der Waals surface area (Å²) in [7, 11) is 2.04. The summed E-state index contributed by atoms with van der Waals surface area (Å²) < 4.78 is 0. The molecule has 0 amide bonds. The van der Waals surface area contributed by atoms with Gasteiger partial charge < -0.3 is 10.3 Å². The third-order valence-corrected chi connectivity index (χ3v) is 3.25. The maximum absolute atomic E-state index is 3.43. The molecule has 2 N–H and O–H groups in total. The second-order valence-electron chi connectivity index (χ2n) is 4.32. The molecule has 1 saturated carbocycles. The fraction of sp³-hybridized carbons (Fsp3) is 0.600. The first kappa shape index (κ1) is 7.87. The molecule has 0 radical (unpaired) electrons. The van der Waals surface area contributed by atoms with E-state index in [1.807, 2.05) is 13.2 Å². The zero-order chi connectivity index (χ0) is 8.82. The summed E-state index contributed by atoms with van der Waals surface area (Å²) in [5.74, 6) is 0. The Kier molecular flexibility index (Phi) is 1.40. The number of H-pyrrole nitrogens is 1. The lowest BCUT2D eigenvalue weighted by Crippen LogP contribution is -2.29. The summed E-state index contributed by atoms with van der Waals surface area (Å²) in [5, 5.41) is 3.43. The molecule has 2 rings (SSSR count). The van der Waals surface area contributed by atoms with Crippen LogP contribution in [-0.2, 0) is 5.54 Å². The summed E-state index contributed by atoms with van der Waals surface area (Å²) in [6.07, 6.45) is 5.31. The summed E-state index contributed by atoms with van der Waals surface area (Å²) in [6, 6.07) is 2.16. The van der Waals surface area contributed by atoms with Gasteiger partial charge in [0.15, 0.2) is 0 Å². The topological polar surface area (TPSA) is 27.8 Å². The lowest BCUT2D eigenvalue weighted by atomic mass is 9.99. The fourth-order valence-electron chi connectivity index (χ4n) is 2.27. The smallest absolute Gasteiger partial charge is 0.0505 e. The molecule has 0 aliphatic heterocycles. The van der Waals surface area contributed by atoms with E-state index in [1.54, 1.807) is 0 Å². The van der Waals surface area contributed by atoms with Crippen molar-refractivity contribution in [2.45, 2.75) is 25.8 Å². The Morgan fingerprint density at radius 1 is 1.50 bits per heavy atom. The molecular formula is C10H16N2. The van der Waals surface area contributed by atoms with E-state index in [2.05, 4.69) is 36.4 Å². The molecule has 1 aromatic heterocycles. The van der Waals surface area contributed by atoms with Gasteiger partial charge in [-0.25, -0.2) is 0 Å². The standard InChI is InChI=1S/C10H16N2/c1-9(2)7-10(9,11-3)8-4-5-12-6-8/h4-6,11-12H,7H2,1-3H3. The van der Waals surface area contributed by atoms with Crippen LogP contribution in [0.1, 0.15) is 25.8 Å². The van der Waals surface area contributed by atoms with Crippen molar-refractivity contribution in [2.24, 2.45) is 5.41 Å². The van der Waals surface area contributed by atoms with Gasteiger partial charge in [-0.1, -0.05) is 13.8 Å². The van der Waals surface area contributed by atoms with Gasteiger partial charge in [0.05, 0.1) is 5.54 Å². The third kappa shape index (κ3) is 0.787. The second kappa shape index (κ2) is 2.13. The Bertz CT molecular complexity index is 274. The molecule has 0 saturated heterocycles. The van der Waals surface area contributed by atoms with Crippen molar-refractivity contribution in [2.75, 3.05) is 7.05 Å². The molecule has 2 heteroatoms. The highest BCUT2D eigenvalue weighted by Crippen LogP contribution is 2.61. The van der Waals surface area contributed by atoms with E-state index in [0.717, 1.165) is 0 Å². The average molecular weight is 164 g/mol. The van der Waals surface area contributed by atoms with Gasteiger partial charge in [0.2, 0.25) is 0 Å². The van der Waals surface area contributed by atoms with Gasteiger partial charge in [-0.05, 0) is 30.5 Å². The van der Waals surface area contributed by atoms with E-state index >= 15 is 0 Å². The van der Waals surface area contributed by atoms with Crippen LogP contribution in [0.3, 0.4) is 0 Å². The van der Waals surface area contributed by atoms with E-state index < -0.39 is 0 Å². The van der Waals surface area contributed by atoms with Gasteiger partial charge in [0.25, 0.3) is 0 Å². The number of nitrogens with one attached hydrogen (secondary N) is 2. The highest BCUT2D eigenvalue weighted by molar-refractivity contribution is 5.33. The van der Waals surface area contributed by atoms with Gasteiger partial charge in [-0.3, -0.25) is 0 Å². The minimum Gasteiger partial charge on any atom is -0.367 e. The van der Waals surface area contributed by atoms with Gasteiger partial charge in [0.1, 0.15) is 0 Å². The first-order valence-corrected chi connectivity index (χ1v) is 4.45. The van der Waals surface area contributed by atoms with Gasteiger partial charge in [-0.15, -0.1) is 0 Å². The van der Waals surface area contributed by atoms with Crippen LogP contribution >= 0.6 is 0 Å². The average Bonchev–Trinajstić information content (AvgIpc) is 2.52. The molecule has 1 unspecified atom stereocenters. The minimum atomic E-state index is 0.229. The molecule has 1 atom stereocenters. The molecule has 0 bridgehead atoms. The van der Waals surface area contributed by atoms with Gasteiger partial charge >= 0.3 is 0 Å². The van der Waals surface area contributed by atoms with Crippen molar-refractivity contribution in [1.29, 1.82) is 0 Å². The zero-order valence-electron chi connectivity index (χ0n) is 7.94. The van der Waals surface area contributed by atoms with E-state index in [-0.39, 0.29) is 5.54 Å². The molecule has 1 aliphatic carbocycles. The maximum atomic E-state index is 3.43. The van der Waals surface area contributed by atoms with Crippen LogP contribution in [0.25, 0.3) is 0 Å². The molecule has 12 heavy (non-hydrogen) atoms. The van der Waals surface area contributed by atoms with Crippen LogP contribution in [0.5, 0.6) is 0 Å². The fourth-order valence-corrected chi connectivity index (χ4v) is 2.27. The predicted octanol–water partition coefficient (Wildman–Crippen LogP) is 1.86. The predicted molar refractivity (Wildman–Crippen MR) is 49.9 cm³/mol. The Morgan fingerprint density at radius 2 is 2.17 bits per heavy atom. The van der Waals surface area contributed by atoms with Crippen LogP contribution in [0, 0.1) is 5.41 Å². The van der Waals surface area contributed by atoms with E-state index in [0.29, 0.717) is 5.41 Å². The molecule has 1 aromatic rings. The van der Waals surface area contributed by atoms with Gasteiger partial charge in [0, 0.05) is 12.4 Å². The molecule has 0 aromatic carbocycles. The number of aromatic amines is 1. The minimum absolute atomic E-state index is 0.229. The zero-order valence-corrected chi connectivity index (χ0v) is 7.94. The third-order valence-electron chi connectivity index (χ3n) is 3.25. The van der Waals surface area contributed by atoms with E-state index in [1.165, 1.54) is 12.0 Å². The van der Waals surface area contributed by atoms with E-state index in [4.69, 9.17) is 0 Å². The number of hydrogen-bond acceptors (Lipinski definition) is 1. The highest BCUT2D eigenvalue weighted by Gasteiger charge is 2.61. The summed E-state index contributed by atoms with van der Waals surface area (Å²) in [5.41, 5.74) is 2.02. The van der Waals surface area contributed by atoms with E-state index in [9.17, 15) is 0 Å². The largest absolute Gasteiger partial charge is 0.367 e. The Balaban J connectivity index is 2.34. The molecule has 1 aliphatic rings. The molecule has 1 heterocycles. The summed E-state index contributed by atoms with van der Waals surface area (Å²) in [6.45, 7) is 4.60. The molecule has 0 spiro atoms. The van der Waals surface area contributed by atoms with Crippen molar-refractivity contribution in [3.05, 3.63) is 24.0 Å². The Labute approximate surface area is 73.4 Å². The first-order chi connectivity index (χ1) is 5.62. The Morgan fingerprint density at radius 3 is 2.50 bits per heavy atom. The number of aromatic nitrogens is 1. The van der Waals surface area contributed by atoms with Crippen molar-refractivity contribution in [1.82, 2.24) is 10.3 Å². The normalized spacial score (nSPS) is 31.9. The van der Waals surface area contributed by atoms with Crippen molar-refractivity contribution in [3.8, 4) is 0 Å². The molecule has 2 nitrogen and oxygen atoms in total. The Hall–Kier alpha value is -0.760. The lowest BCUT2D eigenvalue weighted by molar-refractivity contribution is 0.441. The first-order valence-electron chi connectivity index (χ1n) is 4.45. The second-order valence-corrected chi connectivity index (χ2v) is 4.32. The lowest BCUT2D eigenvalue weighted by Gasteiger charge is -2.18. The highest BCUT2D eigenvalue weighted by atomic mass is 15.0. The van der Waals surface area contributed by atoms with Gasteiger partial charge in [-0.2, -0.15) is 0 Å². The number of hydrogen-bond donors (Lipinski definition) is 2. The van der Waals surface area contributed by atoms with Crippen molar-refractivity contribution < 1.29 is 0 Å². The monoisotopic (exact) mass is 164 g/mol. The maximum Gasteiger partial charge on any atom is 0.0505 e. The summed E-state index contributed by atoms with van der Waals surface area (Å²) >= 11 is 0. The van der Waals surface area contributed by atoms with Crippen LogP contribution in [0.15, 0.2) is 18.5 Å². The van der Waals surface area contributed by atoms with Crippen LogP contribution in [0.4, 0.5) is 0 Å². The van der Waals surface area contributed by atoms with Crippen molar-refractivity contribution >= 4 is 0 Å². The molecule has 66 valence electrons. The molecular weight excluding hydrogens is 148 g/mol. The number of rotatable bonds is 2. The van der Waals surface area contributed by atoms with Crippen LogP contribution in [0.2, 0.25) is 0 Å². The SMILES string of the molecule is CNC1(c2cc[nH]c2)CC1(C)C. The molecule has 1 fully saturated rings. The van der Waals surface area contributed by atoms with Crippen LogP contribution in [-0.4, -0.2) is 12.0 Å². The van der Waals surface area contributed by atoms with Crippen LogP contribution < -0.4 is 5.32 Å². The quantitative estimate of drug-likeness (QED) is 0.686. The van der Waals surface area contributed by atoms with Crippen molar-refractivity contribution in [3.63, 3.8) is 0 Å². The summed E-state index contributed by atoms with van der Waals surface area (Å²) in [4.78, 5) is 3.11.